The van der Waals surface area contributed by atoms with E-state index in [1.807, 2.05) is 28.8 Å². The van der Waals surface area contributed by atoms with Crippen molar-refractivity contribution in [2.24, 2.45) is 0 Å². The standard InChI is InChI=1S/C20H17ClN4/c21-18-13-20(25-19(23-18)11-12-22-25)24(14-16-7-3-1-4-8-16)15-17-9-5-2-6-10-17/h1-13H,14-15H2. The average molecular weight is 349 g/mol. The summed E-state index contributed by atoms with van der Waals surface area (Å²) < 4.78 is 1.83. The summed E-state index contributed by atoms with van der Waals surface area (Å²) in [6.07, 6.45) is 1.74. The second kappa shape index (κ2) is 6.95. The summed E-state index contributed by atoms with van der Waals surface area (Å²) in [5, 5.41) is 4.88. The van der Waals surface area contributed by atoms with Gasteiger partial charge in [-0.3, -0.25) is 0 Å². The Bertz CT molecular complexity index is 925. The zero-order valence-electron chi connectivity index (χ0n) is 13.6. The van der Waals surface area contributed by atoms with Crippen LogP contribution in [0.2, 0.25) is 5.15 Å². The third-order valence-electron chi connectivity index (χ3n) is 4.07. The van der Waals surface area contributed by atoms with Crippen LogP contribution in [0, 0.1) is 0 Å². The van der Waals surface area contributed by atoms with E-state index in [0.29, 0.717) is 5.15 Å². The molecule has 2 heterocycles. The molecule has 0 N–H and O–H groups in total. The van der Waals surface area contributed by atoms with Crippen molar-refractivity contribution < 1.29 is 0 Å². The third-order valence-corrected chi connectivity index (χ3v) is 4.26. The van der Waals surface area contributed by atoms with Gasteiger partial charge in [0.15, 0.2) is 5.65 Å². The highest BCUT2D eigenvalue weighted by atomic mass is 35.5. The lowest BCUT2D eigenvalue weighted by Crippen LogP contribution is -2.24. The molecule has 0 fully saturated rings. The number of aromatic nitrogens is 3. The lowest BCUT2D eigenvalue weighted by Gasteiger charge is -2.25. The fraction of sp³-hybridized carbons (Fsp3) is 0.100. The summed E-state index contributed by atoms with van der Waals surface area (Å²) in [5.41, 5.74) is 3.20. The molecule has 0 unspecified atom stereocenters. The van der Waals surface area contributed by atoms with Gasteiger partial charge in [0.25, 0.3) is 0 Å². The molecule has 2 aromatic heterocycles. The van der Waals surface area contributed by atoms with Crippen molar-refractivity contribution in [2.45, 2.75) is 13.1 Å². The monoisotopic (exact) mass is 348 g/mol. The molecule has 0 radical (unpaired) electrons. The number of anilines is 1. The Morgan fingerprint density at radius 1 is 0.840 bits per heavy atom. The highest BCUT2D eigenvalue weighted by Crippen LogP contribution is 2.23. The average Bonchev–Trinajstić information content (AvgIpc) is 3.10. The first-order valence-electron chi connectivity index (χ1n) is 8.13. The summed E-state index contributed by atoms with van der Waals surface area (Å²) in [4.78, 5) is 6.59. The van der Waals surface area contributed by atoms with Gasteiger partial charge < -0.3 is 4.90 Å². The molecule has 0 atom stereocenters. The summed E-state index contributed by atoms with van der Waals surface area (Å²) in [5.74, 6) is 0.924. The van der Waals surface area contributed by atoms with E-state index in [0.717, 1.165) is 24.6 Å². The van der Waals surface area contributed by atoms with E-state index in [4.69, 9.17) is 11.6 Å². The molecule has 0 aliphatic heterocycles. The first-order valence-corrected chi connectivity index (χ1v) is 8.50. The largest absolute Gasteiger partial charge is 0.348 e. The first-order chi connectivity index (χ1) is 12.3. The predicted molar refractivity (Wildman–Crippen MR) is 101 cm³/mol. The van der Waals surface area contributed by atoms with Gasteiger partial charge in [0.05, 0.1) is 6.20 Å². The number of hydrogen-bond acceptors (Lipinski definition) is 3. The van der Waals surface area contributed by atoms with Crippen LogP contribution < -0.4 is 4.90 Å². The van der Waals surface area contributed by atoms with Gasteiger partial charge in [-0.2, -0.15) is 9.61 Å². The number of hydrogen-bond donors (Lipinski definition) is 0. The summed E-state index contributed by atoms with van der Waals surface area (Å²) >= 11 is 6.25. The molecule has 0 aliphatic carbocycles. The minimum Gasteiger partial charge on any atom is -0.348 e. The van der Waals surface area contributed by atoms with Crippen LogP contribution in [0.25, 0.3) is 5.65 Å². The molecular weight excluding hydrogens is 332 g/mol. The predicted octanol–water partition coefficient (Wildman–Crippen LogP) is 4.59. The van der Waals surface area contributed by atoms with Gasteiger partial charge in [0.2, 0.25) is 0 Å². The van der Waals surface area contributed by atoms with Crippen molar-refractivity contribution in [1.29, 1.82) is 0 Å². The first kappa shape index (κ1) is 15.7. The van der Waals surface area contributed by atoms with Crippen molar-refractivity contribution in [3.8, 4) is 0 Å². The third kappa shape index (κ3) is 3.49. The van der Waals surface area contributed by atoms with Crippen LogP contribution in [-0.2, 0) is 13.1 Å². The van der Waals surface area contributed by atoms with Crippen LogP contribution >= 0.6 is 11.6 Å². The second-order valence-corrected chi connectivity index (χ2v) is 6.25. The Labute approximate surface area is 151 Å². The van der Waals surface area contributed by atoms with Crippen molar-refractivity contribution >= 4 is 23.1 Å². The fourth-order valence-corrected chi connectivity index (χ4v) is 3.10. The minimum atomic E-state index is 0.467. The maximum Gasteiger partial charge on any atom is 0.159 e. The van der Waals surface area contributed by atoms with Crippen LogP contribution in [0.4, 0.5) is 5.82 Å². The summed E-state index contributed by atoms with van der Waals surface area (Å²) in [6.45, 7) is 1.51. The highest BCUT2D eigenvalue weighted by Gasteiger charge is 2.14. The van der Waals surface area contributed by atoms with Gasteiger partial charge in [-0.15, -0.1) is 0 Å². The van der Waals surface area contributed by atoms with Crippen LogP contribution in [0.1, 0.15) is 11.1 Å². The molecule has 0 spiro atoms. The number of fused-ring (bicyclic) bond motifs is 1. The molecule has 0 aliphatic rings. The van der Waals surface area contributed by atoms with Crippen LogP contribution in [0.3, 0.4) is 0 Å². The molecule has 25 heavy (non-hydrogen) atoms. The number of benzene rings is 2. The Balaban J connectivity index is 1.77. The number of nitrogens with zero attached hydrogens (tertiary/aromatic N) is 4. The van der Waals surface area contributed by atoms with Gasteiger partial charge in [-0.25, -0.2) is 4.98 Å². The Kier molecular flexibility index (Phi) is 4.36. The number of rotatable bonds is 5. The quantitative estimate of drug-likeness (QED) is 0.495. The maximum absolute atomic E-state index is 6.25. The van der Waals surface area contributed by atoms with Crippen LogP contribution in [0.15, 0.2) is 79.0 Å². The Morgan fingerprint density at radius 3 is 2.04 bits per heavy atom. The van der Waals surface area contributed by atoms with Gasteiger partial charge in [-0.1, -0.05) is 72.3 Å². The zero-order chi connectivity index (χ0) is 17.1. The molecule has 5 heteroatoms. The van der Waals surface area contributed by atoms with Gasteiger partial charge in [0, 0.05) is 25.2 Å². The van der Waals surface area contributed by atoms with E-state index >= 15 is 0 Å². The summed E-state index contributed by atoms with van der Waals surface area (Å²) in [7, 11) is 0. The highest BCUT2D eigenvalue weighted by molar-refractivity contribution is 6.29. The molecular formula is C20H17ClN4. The van der Waals surface area contributed by atoms with E-state index < -0.39 is 0 Å². The van der Waals surface area contributed by atoms with Gasteiger partial charge in [0.1, 0.15) is 11.0 Å². The smallest absolute Gasteiger partial charge is 0.159 e. The van der Waals surface area contributed by atoms with E-state index in [1.165, 1.54) is 11.1 Å². The SMILES string of the molecule is Clc1cc(N(Cc2ccccc2)Cc2ccccc2)n2nccc2n1. The van der Waals surface area contributed by atoms with E-state index in [2.05, 4.69) is 63.5 Å². The normalized spacial score (nSPS) is 10.9. The van der Waals surface area contributed by atoms with Crippen molar-refractivity contribution in [3.63, 3.8) is 0 Å². The fourth-order valence-electron chi connectivity index (χ4n) is 2.92. The topological polar surface area (TPSA) is 33.4 Å². The lowest BCUT2D eigenvalue weighted by molar-refractivity contribution is 0.752. The van der Waals surface area contributed by atoms with Crippen molar-refractivity contribution in [1.82, 2.24) is 14.6 Å². The zero-order valence-corrected chi connectivity index (χ0v) is 14.3. The van der Waals surface area contributed by atoms with E-state index in [9.17, 15) is 0 Å². The van der Waals surface area contributed by atoms with Crippen molar-refractivity contribution in [3.05, 3.63) is 95.3 Å². The molecule has 0 saturated carbocycles. The molecule has 2 aromatic carbocycles. The molecule has 0 saturated heterocycles. The van der Waals surface area contributed by atoms with Gasteiger partial charge >= 0.3 is 0 Å². The molecule has 0 amide bonds. The molecule has 4 aromatic rings. The maximum atomic E-state index is 6.25. The summed E-state index contributed by atoms with van der Waals surface area (Å²) in [6, 6.07) is 24.5. The molecule has 4 nitrogen and oxygen atoms in total. The van der Waals surface area contributed by atoms with Crippen molar-refractivity contribution in [2.75, 3.05) is 4.90 Å². The Morgan fingerprint density at radius 2 is 1.44 bits per heavy atom. The molecule has 0 bridgehead atoms. The van der Waals surface area contributed by atoms with Crippen LogP contribution in [0.5, 0.6) is 0 Å². The Hall–Kier alpha value is -2.85. The minimum absolute atomic E-state index is 0.467. The van der Waals surface area contributed by atoms with E-state index in [1.54, 1.807) is 6.20 Å². The number of halogens is 1. The van der Waals surface area contributed by atoms with E-state index in [-0.39, 0.29) is 0 Å². The molecule has 4 rings (SSSR count). The second-order valence-electron chi connectivity index (χ2n) is 5.87. The lowest BCUT2D eigenvalue weighted by atomic mass is 10.1. The molecule has 124 valence electrons. The van der Waals surface area contributed by atoms with Gasteiger partial charge in [-0.05, 0) is 11.1 Å². The van der Waals surface area contributed by atoms with Crippen LogP contribution in [-0.4, -0.2) is 14.6 Å².